The molecule has 14 heteroatoms. The van der Waals surface area contributed by atoms with Gasteiger partial charge in [0.2, 0.25) is 11.8 Å². The molecule has 0 spiro atoms. The monoisotopic (exact) mass is 639 g/mol. The second kappa shape index (κ2) is 15.3. The predicted molar refractivity (Wildman–Crippen MR) is 164 cm³/mol. The van der Waals surface area contributed by atoms with Gasteiger partial charge in [0.15, 0.2) is 11.0 Å². The molecule has 2 aromatic heterocycles. The minimum atomic E-state index is -0.672. The summed E-state index contributed by atoms with van der Waals surface area (Å²) in [4.78, 5) is 50.9. The fourth-order valence-corrected chi connectivity index (χ4v) is 5.99. The normalized spacial score (nSPS) is 10.7. The number of halogens is 1. The van der Waals surface area contributed by atoms with Crippen LogP contribution in [-0.2, 0) is 32.0 Å². The molecule has 0 saturated heterocycles. The van der Waals surface area contributed by atoms with Crippen molar-refractivity contribution in [1.29, 1.82) is 0 Å². The van der Waals surface area contributed by atoms with Gasteiger partial charge in [-0.3, -0.25) is 14.2 Å². The zero-order valence-corrected chi connectivity index (χ0v) is 25.9. The molecule has 4 rings (SSSR count). The van der Waals surface area contributed by atoms with Crippen LogP contribution in [0.5, 0.6) is 0 Å². The fraction of sp³-hybridized carbons (Fsp3) is 0.267. The molecule has 11 nitrogen and oxygen atoms in total. The summed E-state index contributed by atoms with van der Waals surface area (Å²) in [5.74, 6) is -2.18. The highest BCUT2D eigenvalue weighted by Gasteiger charge is 2.27. The van der Waals surface area contributed by atoms with Crippen molar-refractivity contribution in [3.8, 4) is 5.69 Å². The summed E-state index contributed by atoms with van der Waals surface area (Å²) in [6.07, 6.45) is 0.182. The van der Waals surface area contributed by atoms with E-state index >= 15 is 0 Å². The molecule has 230 valence electrons. The lowest BCUT2D eigenvalue weighted by molar-refractivity contribution is -0.120. The maximum atomic E-state index is 13.7. The van der Waals surface area contributed by atoms with E-state index in [1.807, 2.05) is 30.3 Å². The highest BCUT2D eigenvalue weighted by molar-refractivity contribution is 7.99. The third-order valence-electron chi connectivity index (χ3n) is 6.11. The van der Waals surface area contributed by atoms with E-state index in [-0.39, 0.29) is 53.3 Å². The summed E-state index contributed by atoms with van der Waals surface area (Å²) < 4.78 is 25.6. The molecule has 0 saturated carbocycles. The Hall–Kier alpha value is -4.56. The first-order chi connectivity index (χ1) is 21.2. The number of amides is 2. The van der Waals surface area contributed by atoms with Gasteiger partial charge < -0.3 is 20.1 Å². The highest BCUT2D eigenvalue weighted by Crippen LogP contribution is 2.34. The summed E-state index contributed by atoms with van der Waals surface area (Å²) >= 11 is 1.98. The van der Waals surface area contributed by atoms with Crippen LogP contribution in [0, 0.1) is 12.7 Å². The van der Waals surface area contributed by atoms with Crippen molar-refractivity contribution in [3.05, 3.63) is 87.8 Å². The van der Waals surface area contributed by atoms with E-state index in [4.69, 9.17) is 9.47 Å². The summed E-state index contributed by atoms with van der Waals surface area (Å²) in [6.45, 7) is 5.21. The average Bonchev–Trinajstić information content (AvgIpc) is 3.56. The number of nitrogens with one attached hydrogen (secondary N) is 2. The topological polar surface area (TPSA) is 142 Å². The number of carbonyl (C=O) groups excluding carboxylic acids is 4. The van der Waals surface area contributed by atoms with Gasteiger partial charge in [0.05, 0.1) is 37.5 Å². The van der Waals surface area contributed by atoms with Crippen LogP contribution in [0.2, 0.25) is 0 Å². The Balaban J connectivity index is 1.51. The van der Waals surface area contributed by atoms with Crippen molar-refractivity contribution < 1.29 is 33.0 Å². The quantitative estimate of drug-likeness (QED) is 0.157. The number of aromatic nitrogens is 3. The molecule has 2 heterocycles. The summed E-state index contributed by atoms with van der Waals surface area (Å²) in [7, 11) is 0. The number of rotatable bonds is 13. The van der Waals surface area contributed by atoms with Crippen molar-refractivity contribution in [2.24, 2.45) is 0 Å². The van der Waals surface area contributed by atoms with Gasteiger partial charge in [-0.1, -0.05) is 42.1 Å². The van der Waals surface area contributed by atoms with Gasteiger partial charge in [-0.05, 0) is 56.2 Å². The fourth-order valence-electron chi connectivity index (χ4n) is 4.11. The number of hydrogen-bond donors (Lipinski definition) is 2. The number of benzene rings is 2. The van der Waals surface area contributed by atoms with E-state index in [0.717, 1.165) is 28.7 Å². The van der Waals surface area contributed by atoms with Gasteiger partial charge >= 0.3 is 11.9 Å². The van der Waals surface area contributed by atoms with Crippen LogP contribution >= 0.6 is 23.1 Å². The Morgan fingerprint density at radius 1 is 0.932 bits per heavy atom. The molecule has 2 amide bonds. The number of thiophene rings is 1. The van der Waals surface area contributed by atoms with E-state index < -0.39 is 23.7 Å². The van der Waals surface area contributed by atoms with E-state index in [1.165, 1.54) is 24.3 Å². The number of anilines is 1. The molecule has 0 bridgehead atoms. The van der Waals surface area contributed by atoms with Crippen LogP contribution in [0.4, 0.5) is 9.39 Å². The average molecular weight is 640 g/mol. The maximum Gasteiger partial charge on any atom is 0.348 e. The lowest BCUT2D eigenvalue weighted by Gasteiger charge is -2.11. The Morgan fingerprint density at radius 2 is 1.61 bits per heavy atom. The van der Waals surface area contributed by atoms with Crippen molar-refractivity contribution in [2.45, 2.75) is 38.9 Å². The van der Waals surface area contributed by atoms with Crippen molar-refractivity contribution >= 4 is 51.9 Å². The third kappa shape index (κ3) is 8.08. The first-order valence-electron chi connectivity index (χ1n) is 13.6. The molecule has 0 atom stereocenters. The van der Waals surface area contributed by atoms with Crippen LogP contribution in [0.15, 0.2) is 59.8 Å². The van der Waals surface area contributed by atoms with E-state index in [9.17, 15) is 23.6 Å². The highest BCUT2D eigenvalue weighted by atomic mass is 32.2. The van der Waals surface area contributed by atoms with Crippen molar-refractivity contribution in [3.63, 3.8) is 0 Å². The molecular formula is C30H30FN5O6S2. The molecule has 0 fully saturated rings. The summed E-state index contributed by atoms with van der Waals surface area (Å²) in [5.41, 5.74) is 1.82. The van der Waals surface area contributed by atoms with Crippen LogP contribution in [0.3, 0.4) is 0 Å². The second-order valence-electron chi connectivity index (χ2n) is 9.19. The predicted octanol–water partition coefficient (Wildman–Crippen LogP) is 4.72. The zero-order valence-electron chi connectivity index (χ0n) is 24.2. The lowest BCUT2D eigenvalue weighted by atomic mass is 10.1. The molecule has 44 heavy (non-hydrogen) atoms. The van der Waals surface area contributed by atoms with E-state index in [2.05, 4.69) is 20.8 Å². The number of thioether (sulfide) groups is 1. The summed E-state index contributed by atoms with van der Waals surface area (Å²) in [6, 6.07) is 14.9. The minimum absolute atomic E-state index is 0.0385. The van der Waals surface area contributed by atoms with Crippen molar-refractivity contribution in [1.82, 2.24) is 20.1 Å². The molecule has 0 aliphatic rings. The maximum absolute atomic E-state index is 13.7. The standard InChI is InChI=1S/C30H30FN5O6S2/c1-4-41-28(39)25-18(3)26(29(40)42-5-2)44-27(25)33-24(38)17-43-30-35-34-22(36(30)21-13-11-20(31)12-14-21)16-32-23(37)15-19-9-7-6-8-10-19/h6-14H,4-5,15-17H2,1-3H3,(H,32,37)(H,33,38). The van der Waals surface area contributed by atoms with Gasteiger partial charge in [0, 0.05) is 5.69 Å². The Bertz CT molecular complexity index is 1640. The molecule has 0 aliphatic carbocycles. The molecule has 0 radical (unpaired) electrons. The summed E-state index contributed by atoms with van der Waals surface area (Å²) in [5, 5.41) is 14.4. The van der Waals surface area contributed by atoms with Crippen molar-refractivity contribution in [2.75, 3.05) is 24.3 Å². The zero-order chi connectivity index (χ0) is 31.6. The molecule has 2 aromatic carbocycles. The number of nitrogens with zero attached hydrogens (tertiary/aromatic N) is 3. The molecule has 0 aliphatic heterocycles. The van der Waals surface area contributed by atoms with Gasteiger partial charge in [-0.25, -0.2) is 14.0 Å². The van der Waals surface area contributed by atoms with Gasteiger partial charge in [-0.15, -0.1) is 21.5 Å². The van der Waals surface area contributed by atoms with Crippen LogP contribution in [0.1, 0.15) is 50.8 Å². The van der Waals surface area contributed by atoms with E-state index in [0.29, 0.717) is 22.2 Å². The van der Waals surface area contributed by atoms with E-state index in [1.54, 1.807) is 25.3 Å². The lowest BCUT2D eigenvalue weighted by Crippen LogP contribution is -2.26. The van der Waals surface area contributed by atoms with Crippen LogP contribution in [0.25, 0.3) is 5.69 Å². The molecule has 2 N–H and O–H groups in total. The first kappa shape index (κ1) is 32.4. The number of carbonyl (C=O) groups is 4. The van der Waals surface area contributed by atoms with Gasteiger partial charge in [-0.2, -0.15) is 0 Å². The van der Waals surface area contributed by atoms with Crippen LogP contribution < -0.4 is 10.6 Å². The second-order valence-corrected chi connectivity index (χ2v) is 11.2. The van der Waals surface area contributed by atoms with Crippen LogP contribution in [-0.4, -0.2) is 57.5 Å². The largest absolute Gasteiger partial charge is 0.462 e. The smallest absolute Gasteiger partial charge is 0.348 e. The Morgan fingerprint density at radius 3 is 2.30 bits per heavy atom. The SMILES string of the molecule is CCOC(=O)c1sc(NC(=O)CSc2nnc(CNC(=O)Cc3ccccc3)n2-c2ccc(F)cc2)c(C(=O)OCC)c1C. The third-order valence-corrected chi connectivity index (χ3v) is 8.23. The molecule has 4 aromatic rings. The minimum Gasteiger partial charge on any atom is -0.462 e. The molecular weight excluding hydrogens is 609 g/mol. The van der Waals surface area contributed by atoms with Gasteiger partial charge in [0.1, 0.15) is 15.7 Å². The van der Waals surface area contributed by atoms with Gasteiger partial charge in [0.25, 0.3) is 0 Å². The molecule has 0 unspecified atom stereocenters. The first-order valence-corrected chi connectivity index (χ1v) is 15.4. The number of hydrogen-bond acceptors (Lipinski definition) is 10. The number of ether oxygens (including phenoxy) is 2. The Labute approximate surface area is 261 Å². The Kier molecular flexibility index (Phi) is 11.2. The number of esters is 2.